The molecular formula is C13H14N4O3S. The molecule has 0 radical (unpaired) electrons. The van der Waals surface area contributed by atoms with Crippen molar-refractivity contribution in [1.82, 2.24) is 14.8 Å². The van der Waals surface area contributed by atoms with E-state index in [4.69, 9.17) is 10.5 Å². The predicted molar refractivity (Wildman–Crippen MR) is 78.3 cm³/mol. The van der Waals surface area contributed by atoms with Crippen LogP contribution in [0.1, 0.15) is 27.6 Å². The Hall–Kier alpha value is -2.35. The van der Waals surface area contributed by atoms with Gasteiger partial charge < -0.3 is 10.5 Å². The molecule has 0 spiro atoms. The van der Waals surface area contributed by atoms with Gasteiger partial charge >= 0.3 is 5.97 Å². The van der Waals surface area contributed by atoms with Gasteiger partial charge in [-0.25, -0.2) is 4.79 Å². The van der Waals surface area contributed by atoms with Crippen molar-refractivity contribution in [3.8, 4) is 0 Å². The molecule has 8 heteroatoms. The monoisotopic (exact) mass is 306 g/mol. The van der Waals surface area contributed by atoms with Gasteiger partial charge in [0.15, 0.2) is 5.82 Å². The molecule has 0 saturated carbocycles. The largest absolute Gasteiger partial charge is 0.462 e. The maximum absolute atomic E-state index is 12.4. The fourth-order valence-corrected chi connectivity index (χ4v) is 2.44. The van der Waals surface area contributed by atoms with Crippen LogP contribution in [0.5, 0.6) is 0 Å². The molecule has 0 atom stereocenters. The second kappa shape index (κ2) is 6.40. The van der Waals surface area contributed by atoms with Crippen molar-refractivity contribution >= 4 is 29.5 Å². The summed E-state index contributed by atoms with van der Waals surface area (Å²) in [7, 11) is 0. The van der Waals surface area contributed by atoms with Crippen LogP contribution in [-0.2, 0) is 4.74 Å². The van der Waals surface area contributed by atoms with Crippen LogP contribution in [0.25, 0.3) is 0 Å². The highest BCUT2D eigenvalue weighted by Crippen LogP contribution is 2.27. The average molecular weight is 306 g/mol. The zero-order chi connectivity index (χ0) is 15.4. The van der Waals surface area contributed by atoms with E-state index in [-0.39, 0.29) is 18.0 Å². The maximum atomic E-state index is 12.4. The standard InChI is InChI=1S/C13H14N4O3S/c1-3-20-13(19)9-10(14)16-17(12(9)21-2)11(18)8-5-4-6-15-7-8/h4-7H,3H2,1-2H3,(H2,14,16). The molecule has 0 aromatic carbocycles. The van der Waals surface area contributed by atoms with Crippen LogP contribution in [0.4, 0.5) is 5.82 Å². The third-order valence-corrected chi connectivity index (χ3v) is 3.41. The maximum Gasteiger partial charge on any atom is 0.344 e. The first-order valence-corrected chi connectivity index (χ1v) is 7.37. The van der Waals surface area contributed by atoms with Crippen molar-refractivity contribution in [3.63, 3.8) is 0 Å². The first-order valence-electron chi connectivity index (χ1n) is 6.14. The van der Waals surface area contributed by atoms with Gasteiger partial charge in [-0.2, -0.15) is 4.68 Å². The number of hydrogen-bond donors (Lipinski definition) is 1. The minimum absolute atomic E-state index is 0.0324. The molecule has 0 aliphatic carbocycles. The molecule has 2 N–H and O–H groups in total. The van der Waals surface area contributed by atoms with Gasteiger partial charge in [-0.1, -0.05) is 0 Å². The normalized spacial score (nSPS) is 10.4. The van der Waals surface area contributed by atoms with E-state index in [0.717, 1.165) is 4.68 Å². The molecule has 110 valence electrons. The Bertz CT molecular complexity index is 670. The number of carbonyl (C=O) groups is 2. The highest BCUT2D eigenvalue weighted by Gasteiger charge is 2.26. The fourth-order valence-electron chi connectivity index (χ4n) is 1.75. The molecule has 7 nitrogen and oxygen atoms in total. The number of hydrogen-bond acceptors (Lipinski definition) is 7. The summed E-state index contributed by atoms with van der Waals surface area (Å²) in [5, 5.41) is 4.30. The molecule has 0 fully saturated rings. The summed E-state index contributed by atoms with van der Waals surface area (Å²) in [5.41, 5.74) is 6.22. The van der Waals surface area contributed by atoms with Gasteiger partial charge in [-0.15, -0.1) is 16.9 Å². The van der Waals surface area contributed by atoms with E-state index in [2.05, 4.69) is 10.1 Å². The predicted octanol–water partition coefficient (Wildman–Crippen LogP) is 1.45. The van der Waals surface area contributed by atoms with E-state index in [1.807, 2.05) is 0 Å². The summed E-state index contributed by atoms with van der Waals surface area (Å²) in [6.07, 6.45) is 4.72. The Morgan fingerprint density at radius 3 is 2.81 bits per heavy atom. The Kier molecular flexibility index (Phi) is 4.59. The third kappa shape index (κ3) is 2.89. The van der Waals surface area contributed by atoms with E-state index >= 15 is 0 Å². The third-order valence-electron chi connectivity index (χ3n) is 2.64. The lowest BCUT2D eigenvalue weighted by Crippen LogP contribution is -2.15. The van der Waals surface area contributed by atoms with Crippen LogP contribution in [-0.4, -0.2) is 39.5 Å². The van der Waals surface area contributed by atoms with Crippen molar-refractivity contribution < 1.29 is 14.3 Å². The summed E-state index contributed by atoms with van der Waals surface area (Å²) < 4.78 is 6.04. The molecule has 2 rings (SSSR count). The molecule has 2 aromatic heterocycles. The summed E-state index contributed by atoms with van der Waals surface area (Å²) in [4.78, 5) is 28.2. The summed E-state index contributed by atoms with van der Waals surface area (Å²) in [6.45, 7) is 1.91. The van der Waals surface area contributed by atoms with Gasteiger partial charge in [0.25, 0.3) is 5.91 Å². The first kappa shape index (κ1) is 15.0. The van der Waals surface area contributed by atoms with Crippen LogP contribution >= 0.6 is 11.8 Å². The van der Waals surface area contributed by atoms with E-state index in [1.165, 1.54) is 18.0 Å². The summed E-state index contributed by atoms with van der Waals surface area (Å²) in [6, 6.07) is 3.26. The molecule has 0 unspecified atom stereocenters. The number of anilines is 1. The first-order chi connectivity index (χ1) is 10.1. The molecule has 0 bridgehead atoms. The van der Waals surface area contributed by atoms with Gasteiger partial charge in [0.05, 0.1) is 12.2 Å². The minimum Gasteiger partial charge on any atom is -0.462 e. The number of aromatic nitrogens is 3. The number of nitrogens with zero attached hydrogens (tertiary/aromatic N) is 3. The lowest BCUT2D eigenvalue weighted by atomic mass is 10.3. The van der Waals surface area contributed by atoms with Crippen molar-refractivity contribution in [2.45, 2.75) is 11.9 Å². The molecule has 2 aromatic rings. The second-order valence-electron chi connectivity index (χ2n) is 3.95. The summed E-state index contributed by atoms with van der Waals surface area (Å²) >= 11 is 1.20. The van der Waals surface area contributed by atoms with E-state index in [1.54, 1.807) is 31.5 Å². The van der Waals surface area contributed by atoms with Crippen LogP contribution in [0, 0.1) is 0 Å². The van der Waals surface area contributed by atoms with Crippen molar-refractivity contribution in [2.24, 2.45) is 0 Å². The number of nitrogen functional groups attached to an aromatic ring is 1. The quantitative estimate of drug-likeness (QED) is 0.674. The molecular weight excluding hydrogens is 292 g/mol. The van der Waals surface area contributed by atoms with Crippen molar-refractivity contribution in [1.29, 1.82) is 0 Å². The van der Waals surface area contributed by atoms with Crippen LogP contribution in [0.3, 0.4) is 0 Å². The second-order valence-corrected chi connectivity index (χ2v) is 4.74. The number of pyridine rings is 1. The van der Waals surface area contributed by atoms with Gasteiger partial charge in [0, 0.05) is 12.4 Å². The topological polar surface area (TPSA) is 100 Å². The average Bonchev–Trinajstić information content (AvgIpc) is 2.84. The molecule has 0 saturated heterocycles. The van der Waals surface area contributed by atoms with E-state index in [0.29, 0.717) is 10.6 Å². The van der Waals surface area contributed by atoms with Crippen molar-refractivity contribution in [2.75, 3.05) is 18.6 Å². The SMILES string of the molecule is CCOC(=O)c1c(N)nn(C(=O)c2cccnc2)c1SC. The van der Waals surface area contributed by atoms with Crippen LogP contribution in [0.2, 0.25) is 0 Å². The number of carbonyl (C=O) groups excluding carboxylic acids is 2. The van der Waals surface area contributed by atoms with Crippen LogP contribution < -0.4 is 5.73 Å². The fraction of sp³-hybridized carbons (Fsp3) is 0.231. The molecule has 0 aliphatic heterocycles. The Balaban J connectivity index is 2.48. The lowest BCUT2D eigenvalue weighted by Gasteiger charge is -2.05. The Labute approximate surface area is 125 Å². The number of thioether (sulfide) groups is 1. The zero-order valence-electron chi connectivity index (χ0n) is 11.6. The lowest BCUT2D eigenvalue weighted by molar-refractivity contribution is 0.0523. The highest BCUT2D eigenvalue weighted by atomic mass is 32.2. The number of esters is 1. The number of ether oxygens (including phenoxy) is 1. The zero-order valence-corrected chi connectivity index (χ0v) is 12.4. The molecule has 21 heavy (non-hydrogen) atoms. The summed E-state index contributed by atoms with van der Waals surface area (Å²) in [5.74, 6) is -1.03. The number of rotatable bonds is 4. The van der Waals surface area contributed by atoms with Gasteiger partial charge in [0.2, 0.25) is 0 Å². The molecule has 2 heterocycles. The van der Waals surface area contributed by atoms with E-state index < -0.39 is 11.9 Å². The van der Waals surface area contributed by atoms with Crippen LogP contribution in [0.15, 0.2) is 29.6 Å². The van der Waals surface area contributed by atoms with Gasteiger partial charge in [-0.05, 0) is 25.3 Å². The van der Waals surface area contributed by atoms with E-state index in [9.17, 15) is 9.59 Å². The Morgan fingerprint density at radius 2 is 2.24 bits per heavy atom. The molecule has 0 aliphatic rings. The minimum atomic E-state index is -0.593. The van der Waals surface area contributed by atoms with Gasteiger partial charge in [-0.3, -0.25) is 9.78 Å². The van der Waals surface area contributed by atoms with Gasteiger partial charge in [0.1, 0.15) is 10.6 Å². The molecule has 0 amide bonds. The highest BCUT2D eigenvalue weighted by molar-refractivity contribution is 7.98. The Morgan fingerprint density at radius 1 is 1.48 bits per heavy atom. The smallest absolute Gasteiger partial charge is 0.344 e. The van der Waals surface area contributed by atoms with Crippen molar-refractivity contribution in [3.05, 3.63) is 35.7 Å². The number of nitrogens with two attached hydrogens (primary N) is 1.